The standard InChI is InChI=1S/C19H22N4O2/c24-17(21-15-6-7-15)13-22-9-11-23(12-10-22)19(25)16-5-1-3-14-4-2-8-20-18(14)16/h1-5,8,15H,6-7,9-13H2,(H,21,24). The van der Waals surface area contributed by atoms with Gasteiger partial charge in [-0.15, -0.1) is 0 Å². The van der Waals surface area contributed by atoms with Crippen LogP contribution in [0.5, 0.6) is 0 Å². The third-order valence-electron chi connectivity index (χ3n) is 4.83. The lowest BCUT2D eigenvalue weighted by atomic mass is 10.1. The summed E-state index contributed by atoms with van der Waals surface area (Å²) in [4.78, 5) is 33.1. The molecule has 130 valence electrons. The summed E-state index contributed by atoms with van der Waals surface area (Å²) in [5, 5.41) is 3.99. The van der Waals surface area contributed by atoms with Crippen LogP contribution in [-0.4, -0.2) is 65.4 Å². The zero-order valence-electron chi connectivity index (χ0n) is 14.1. The molecule has 25 heavy (non-hydrogen) atoms. The van der Waals surface area contributed by atoms with E-state index >= 15 is 0 Å². The molecule has 0 radical (unpaired) electrons. The smallest absolute Gasteiger partial charge is 0.256 e. The topological polar surface area (TPSA) is 65.5 Å². The van der Waals surface area contributed by atoms with Gasteiger partial charge in [-0.2, -0.15) is 0 Å². The summed E-state index contributed by atoms with van der Waals surface area (Å²) in [5.74, 6) is 0.118. The first-order valence-corrected chi connectivity index (χ1v) is 8.85. The summed E-state index contributed by atoms with van der Waals surface area (Å²) < 4.78 is 0. The van der Waals surface area contributed by atoms with E-state index < -0.39 is 0 Å². The fraction of sp³-hybridized carbons (Fsp3) is 0.421. The second-order valence-electron chi connectivity index (χ2n) is 6.79. The number of fused-ring (bicyclic) bond motifs is 1. The summed E-state index contributed by atoms with van der Waals surface area (Å²) in [6.45, 7) is 3.15. The number of nitrogens with one attached hydrogen (secondary N) is 1. The Morgan fingerprint density at radius 1 is 1.08 bits per heavy atom. The number of rotatable bonds is 4. The molecule has 0 spiro atoms. The van der Waals surface area contributed by atoms with Crippen LogP contribution in [0.2, 0.25) is 0 Å². The molecule has 1 saturated heterocycles. The Hall–Kier alpha value is -2.47. The van der Waals surface area contributed by atoms with Crippen LogP contribution < -0.4 is 5.32 Å². The minimum absolute atomic E-state index is 0.0198. The SMILES string of the molecule is O=C(CN1CCN(C(=O)c2cccc3cccnc23)CC1)NC1CC1. The quantitative estimate of drug-likeness (QED) is 0.912. The Balaban J connectivity index is 1.38. The van der Waals surface area contributed by atoms with Crippen LogP contribution in [0.15, 0.2) is 36.5 Å². The normalized spacial score (nSPS) is 18.3. The van der Waals surface area contributed by atoms with Gasteiger partial charge >= 0.3 is 0 Å². The number of hydrogen-bond acceptors (Lipinski definition) is 4. The van der Waals surface area contributed by atoms with Gasteiger partial charge in [0.05, 0.1) is 17.6 Å². The molecule has 0 atom stereocenters. The molecular formula is C19H22N4O2. The highest BCUT2D eigenvalue weighted by molar-refractivity contribution is 6.05. The van der Waals surface area contributed by atoms with Gasteiger partial charge in [-0.3, -0.25) is 19.5 Å². The second kappa shape index (κ2) is 6.80. The summed E-state index contributed by atoms with van der Waals surface area (Å²) in [6.07, 6.45) is 3.93. The molecule has 1 saturated carbocycles. The predicted octanol–water partition coefficient (Wildman–Crippen LogP) is 1.27. The van der Waals surface area contributed by atoms with Crippen molar-refractivity contribution in [3.63, 3.8) is 0 Å². The molecule has 0 bridgehead atoms. The Morgan fingerprint density at radius 3 is 2.60 bits per heavy atom. The van der Waals surface area contributed by atoms with Crippen molar-refractivity contribution in [1.82, 2.24) is 20.1 Å². The van der Waals surface area contributed by atoms with E-state index in [4.69, 9.17) is 0 Å². The largest absolute Gasteiger partial charge is 0.352 e. The Labute approximate surface area is 146 Å². The highest BCUT2D eigenvalue weighted by Gasteiger charge is 2.27. The predicted molar refractivity (Wildman–Crippen MR) is 95.3 cm³/mol. The van der Waals surface area contributed by atoms with Crippen molar-refractivity contribution in [3.05, 3.63) is 42.1 Å². The molecule has 1 N–H and O–H groups in total. The number of carbonyl (C=O) groups excluding carboxylic acids is 2. The lowest BCUT2D eigenvalue weighted by molar-refractivity contribution is -0.122. The second-order valence-corrected chi connectivity index (χ2v) is 6.79. The van der Waals surface area contributed by atoms with Gasteiger partial charge in [-0.05, 0) is 25.0 Å². The van der Waals surface area contributed by atoms with Crippen molar-refractivity contribution >= 4 is 22.7 Å². The van der Waals surface area contributed by atoms with Gasteiger partial charge in [0.2, 0.25) is 5.91 Å². The summed E-state index contributed by atoms with van der Waals surface area (Å²) in [6, 6.07) is 9.95. The average molecular weight is 338 g/mol. The number of aromatic nitrogens is 1. The van der Waals surface area contributed by atoms with Gasteiger partial charge in [0.25, 0.3) is 5.91 Å². The maximum absolute atomic E-state index is 12.9. The van der Waals surface area contributed by atoms with E-state index in [0.29, 0.717) is 31.2 Å². The fourth-order valence-electron chi connectivity index (χ4n) is 3.26. The zero-order valence-corrected chi connectivity index (χ0v) is 14.1. The van der Waals surface area contributed by atoms with Gasteiger partial charge in [0.15, 0.2) is 0 Å². The Morgan fingerprint density at radius 2 is 1.84 bits per heavy atom. The summed E-state index contributed by atoms with van der Waals surface area (Å²) in [5.41, 5.74) is 1.40. The van der Waals surface area contributed by atoms with Crippen molar-refractivity contribution < 1.29 is 9.59 Å². The van der Waals surface area contributed by atoms with Crippen LogP contribution >= 0.6 is 0 Å². The summed E-state index contributed by atoms with van der Waals surface area (Å²) in [7, 11) is 0. The zero-order chi connectivity index (χ0) is 17.2. The van der Waals surface area contributed by atoms with Gasteiger partial charge in [0.1, 0.15) is 0 Å². The van der Waals surface area contributed by atoms with Crippen LogP contribution in [0.1, 0.15) is 23.2 Å². The van der Waals surface area contributed by atoms with E-state index in [1.807, 2.05) is 35.2 Å². The number of pyridine rings is 1. The minimum Gasteiger partial charge on any atom is -0.352 e. The first-order valence-electron chi connectivity index (χ1n) is 8.85. The van der Waals surface area contributed by atoms with Crippen molar-refractivity contribution in [2.75, 3.05) is 32.7 Å². The molecule has 2 aliphatic rings. The number of benzene rings is 1. The molecule has 1 aromatic carbocycles. The van der Waals surface area contributed by atoms with E-state index in [2.05, 4.69) is 15.2 Å². The molecule has 0 unspecified atom stereocenters. The molecular weight excluding hydrogens is 316 g/mol. The van der Waals surface area contributed by atoms with E-state index in [0.717, 1.165) is 36.8 Å². The van der Waals surface area contributed by atoms with Crippen molar-refractivity contribution in [2.24, 2.45) is 0 Å². The number of para-hydroxylation sites is 1. The van der Waals surface area contributed by atoms with Crippen LogP contribution in [0.3, 0.4) is 0 Å². The number of carbonyl (C=O) groups is 2. The third kappa shape index (κ3) is 3.64. The molecule has 1 aliphatic carbocycles. The first kappa shape index (κ1) is 16.0. The van der Waals surface area contributed by atoms with E-state index in [1.165, 1.54) is 0 Å². The van der Waals surface area contributed by atoms with Crippen molar-refractivity contribution in [3.8, 4) is 0 Å². The van der Waals surface area contributed by atoms with Crippen LogP contribution in [0, 0.1) is 0 Å². The number of amides is 2. The Bertz CT molecular complexity index is 790. The molecule has 4 rings (SSSR count). The van der Waals surface area contributed by atoms with E-state index in [1.54, 1.807) is 6.20 Å². The van der Waals surface area contributed by atoms with Gasteiger partial charge in [0, 0.05) is 43.8 Å². The van der Waals surface area contributed by atoms with Crippen LogP contribution in [0.25, 0.3) is 10.9 Å². The number of piperazine rings is 1. The first-order chi connectivity index (χ1) is 12.2. The van der Waals surface area contributed by atoms with Gasteiger partial charge in [-0.1, -0.05) is 18.2 Å². The lowest BCUT2D eigenvalue weighted by Crippen LogP contribution is -2.51. The third-order valence-corrected chi connectivity index (χ3v) is 4.83. The number of hydrogen-bond donors (Lipinski definition) is 1. The number of nitrogens with zero attached hydrogens (tertiary/aromatic N) is 3. The van der Waals surface area contributed by atoms with E-state index in [-0.39, 0.29) is 11.8 Å². The lowest BCUT2D eigenvalue weighted by Gasteiger charge is -2.34. The van der Waals surface area contributed by atoms with E-state index in [9.17, 15) is 9.59 Å². The highest BCUT2D eigenvalue weighted by Crippen LogP contribution is 2.19. The maximum atomic E-state index is 12.9. The van der Waals surface area contributed by atoms with Gasteiger partial charge in [-0.25, -0.2) is 0 Å². The molecule has 1 aromatic heterocycles. The van der Waals surface area contributed by atoms with Crippen molar-refractivity contribution in [1.29, 1.82) is 0 Å². The summed E-state index contributed by atoms with van der Waals surface area (Å²) >= 11 is 0. The Kier molecular flexibility index (Phi) is 4.36. The molecule has 2 fully saturated rings. The van der Waals surface area contributed by atoms with Crippen molar-refractivity contribution in [2.45, 2.75) is 18.9 Å². The van der Waals surface area contributed by atoms with Crippen LogP contribution in [-0.2, 0) is 4.79 Å². The average Bonchev–Trinajstić information content (AvgIpc) is 3.45. The highest BCUT2D eigenvalue weighted by atomic mass is 16.2. The minimum atomic E-state index is 0.0198. The van der Waals surface area contributed by atoms with Crippen LogP contribution in [0.4, 0.5) is 0 Å². The fourth-order valence-corrected chi connectivity index (χ4v) is 3.26. The molecule has 2 heterocycles. The molecule has 6 nitrogen and oxygen atoms in total. The monoisotopic (exact) mass is 338 g/mol. The van der Waals surface area contributed by atoms with Gasteiger partial charge < -0.3 is 10.2 Å². The molecule has 1 aliphatic heterocycles. The molecule has 2 aromatic rings. The molecule has 6 heteroatoms. The maximum Gasteiger partial charge on any atom is 0.256 e. The molecule has 2 amide bonds.